The molecule has 54 heavy (non-hydrogen) atoms. The van der Waals surface area contributed by atoms with Gasteiger partial charge in [-0.25, -0.2) is 0 Å². The van der Waals surface area contributed by atoms with Crippen LogP contribution in [0.5, 0.6) is 0 Å². The quantitative estimate of drug-likeness (QED) is 0.0334. The Balaban J connectivity index is 1.15. The van der Waals surface area contributed by atoms with Crippen molar-refractivity contribution in [1.82, 2.24) is 31.9 Å². The van der Waals surface area contributed by atoms with Crippen LogP contribution in [0.15, 0.2) is 70.7 Å². The first-order valence-corrected chi connectivity index (χ1v) is 21.9. The zero-order valence-corrected chi connectivity index (χ0v) is 34.0. The molecule has 1 aromatic heterocycles. The van der Waals surface area contributed by atoms with Crippen LogP contribution in [0.4, 0.5) is 5.69 Å². The Morgan fingerprint density at radius 2 is 1.04 bits per heavy atom. The van der Waals surface area contributed by atoms with Gasteiger partial charge in [-0.05, 0) is 173 Å². The minimum atomic E-state index is 0.771. The predicted molar refractivity (Wildman–Crippen MR) is 233 cm³/mol. The lowest BCUT2D eigenvalue weighted by Gasteiger charge is -2.21. The fourth-order valence-corrected chi connectivity index (χ4v) is 7.91. The summed E-state index contributed by atoms with van der Waals surface area (Å²) in [6.07, 6.45) is 16.2. The Labute approximate surface area is 331 Å². The van der Waals surface area contributed by atoms with E-state index in [1.54, 1.807) is 0 Å². The highest BCUT2D eigenvalue weighted by molar-refractivity contribution is 8.03. The van der Waals surface area contributed by atoms with Crippen molar-refractivity contribution in [3.8, 4) is 0 Å². The Hall–Kier alpha value is -2.58. The highest BCUT2D eigenvalue weighted by Gasteiger charge is 2.25. The second-order valence-corrected chi connectivity index (χ2v) is 15.4. The van der Waals surface area contributed by atoms with Crippen molar-refractivity contribution in [2.45, 2.75) is 75.6 Å². The van der Waals surface area contributed by atoms with E-state index in [1.807, 2.05) is 11.8 Å². The van der Waals surface area contributed by atoms with E-state index < -0.39 is 0 Å². The van der Waals surface area contributed by atoms with E-state index in [2.05, 4.69) is 108 Å². The van der Waals surface area contributed by atoms with Gasteiger partial charge >= 0.3 is 0 Å². The van der Waals surface area contributed by atoms with Crippen LogP contribution >= 0.6 is 11.8 Å². The molecule has 2 aromatic carbocycles. The molecule has 0 amide bonds. The Morgan fingerprint density at radius 3 is 1.65 bits per heavy atom. The van der Waals surface area contributed by atoms with Gasteiger partial charge < -0.3 is 48.3 Å². The second kappa shape index (κ2) is 28.8. The zero-order chi connectivity index (χ0) is 37.7. The first-order chi connectivity index (χ1) is 26.8. The molecule has 3 aromatic rings. The summed E-state index contributed by atoms with van der Waals surface area (Å²) in [5.41, 5.74) is 15.0. The fraction of sp³-hybridized carbons (Fsp3) is 0.605. The third-order valence-corrected chi connectivity index (χ3v) is 10.9. The molecule has 0 aliphatic carbocycles. The molecule has 0 bridgehead atoms. The summed E-state index contributed by atoms with van der Waals surface area (Å²) in [6.45, 7) is 16.3. The van der Waals surface area contributed by atoms with Gasteiger partial charge in [0.15, 0.2) is 6.20 Å². The number of nitrogens with zero attached hydrogens (tertiary/aromatic N) is 2. The first kappa shape index (κ1) is 44.1. The molecule has 11 heteroatoms. The predicted octanol–water partition coefficient (Wildman–Crippen LogP) is 4.39. The van der Waals surface area contributed by atoms with E-state index in [0.29, 0.717) is 0 Å². The van der Waals surface area contributed by atoms with Gasteiger partial charge in [-0.1, -0.05) is 36.0 Å². The number of unbranched alkanes of at least 4 members (excludes halogenated alkanes) is 2. The van der Waals surface area contributed by atoms with Crippen LogP contribution in [0, 0.1) is 0 Å². The van der Waals surface area contributed by atoms with E-state index in [4.69, 9.17) is 11.5 Å². The van der Waals surface area contributed by atoms with Gasteiger partial charge in [0.2, 0.25) is 5.52 Å². The molecule has 0 saturated carbocycles. The molecule has 0 fully saturated rings. The number of nitrogens with one attached hydrogen (secondary N) is 6. The molecule has 0 spiro atoms. The average molecular weight is 762 g/mol. The van der Waals surface area contributed by atoms with E-state index in [1.165, 1.54) is 57.8 Å². The van der Waals surface area contributed by atoms with E-state index in [0.717, 1.165) is 143 Å². The van der Waals surface area contributed by atoms with Gasteiger partial charge in [0.1, 0.15) is 6.54 Å². The molecule has 4 rings (SSSR count). The number of para-hydroxylation sites is 2. The molecular weight excluding hydrogens is 689 g/mol. The number of pyridine rings is 1. The lowest BCUT2D eigenvalue weighted by Crippen LogP contribution is -2.36. The van der Waals surface area contributed by atoms with E-state index in [-0.39, 0.29) is 0 Å². The maximum Gasteiger partial charge on any atom is 0.213 e. The Bertz CT molecular complexity index is 1440. The van der Waals surface area contributed by atoms with Gasteiger partial charge in [0.25, 0.3) is 0 Å². The normalized spacial score (nSPS) is 13.4. The maximum atomic E-state index is 5.55. The molecule has 0 radical (unpaired) electrons. The number of anilines is 1. The zero-order valence-electron chi connectivity index (χ0n) is 33.2. The molecule has 10 nitrogen and oxygen atoms in total. The molecule has 0 saturated heterocycles. The van der Waals surface area contributed by atoms with Gasteiger partial charge in [-0.3, -0.25) is 0 Å². The summed E-state index contributed by atoms with van der Waals surface area (Å²) in [7, 11) is 0. The first-order valence-electron chi connectivity index (χ1n) is 21.1. The fourth-order valence-electron chi connectivity index (χ4n) is 6.77. The minimum absolute atomic E-state index is 0.771. The summed E-state index contributed by atoms with van der Waals surface area (Å²) in [6, 6.07) is 20.0. The summed E-state index contributed by atoms with van der Waals surface area (Å²) in [4.78, 5) is 3.87. The molecule has 0 unspecified atom stereocenters. The molecule has 1 aliphatic heterocycles. The minimum Gasteiger partial charge on any atom is -0.335 e. The molecule has 300 valence electrons. The summed E-state index contributed by atoms with van der Waals surface area (Å²) >= 11 is 1.90. The van der Waals surface area contributed by atoms with Crippen LogP contribution in [-0.2, 0) is 6.54 Å². The molecular formula is C43H73N10S+. The second-order valence-electron chi connectivity index (χ2n) is 14.3. The third kappa shape index (κ3) is 17.1. The maximum absolute atomic E-state index is 5.55. The number of rotatable bonds is 33. The van der Waals surface area contributed by atoms with Crippen LogP contribution in [0.25, 0.3) is 17.0 Å². The number of hydrogen-bond donors (Lipinski definition) is 8. The molecule has 1 aliphatic rings. The van der Waals surface area contributed by atoms with Crippen molar-refractivity contribution >= 4 is 34.4 Å². The van der Waals surface area contributed by atoms with Crippen LogP contribution in [0.1, 0.15) is 69.8 Å². The van der Waals surface area contributed by atoms with Crippen molar-refractivity contribution in [1.29, 1.82) is 0 Å². The van der Waals surface area contributed by atoms with Gasteiger partial charge in [-0.2, -0.15) is 4.57 Å². The highest BCUT2D eigenvalue weighted by atomic mass is 32.2. The van der Waals surface area contributed by atoms with Crippen molar-refractivity contribution in [2.24, 2.45) is 11.5 Å². The summed E-state index contributed by atoms with van der Waals surface area (Å²) in [5, 5.41) is 24.0. The van der Waals surface area contributed by atoms with Crippen LogP contribution in [-0.4, -0.2) is 98.2 Å². The number of aromatic nitrogens is 1. The Kier molecular flexibility index (Phi) is 23.5. The molecule has 10 N–H and O–H groups in total. The number of thioether (sulfide) groups is 1. The van der Waals surface area contributed by atoms with Crippen molar-refractivity contribution in [3.05, 3.63) is 71.4 Å². The highest BCUT2D eigenvalue weighted by Crippen LogP contribution is 2.46. The van der Waals surface area contributed by atoms with Crippen LogP contribution in [0.3, 0.4) is 0 Å². The van der Waals surface area contributed by atoms with Crippen LogP contribution < -0.4 is 52.8 Å². The van der Waals surface area contributed by atoms with Gasteiger partial charge in [0, 0.05) is 36.5 Å². The van der Waals surface area contributed by atoms with E-state index in [9.17, 15) is 0 Å². The molecule has 0 atom stereocenters. The van der Waals surface area contributed by atoms with Gasteiger partial charge in [-0.15, -0.1) is 0 Å². The number of aryl methyl sites for hydroxylation is 1. The molecule has 2 heterocycles. The smallest absolute Gasteiger partial charge is 0.213 e. The topological polar surface area (TPSA) is 131 Å². The monoisotopic (exact) mass is 762 g/mol. The lowest BCUT2D eigenvalue weighted by atomic mass is 10.1. The number of benzene rings is 2. The van der Waals surface area contributed by atoms with E-state index >= 15 is 0 Å². The Morgan fingerprint density at radius 1 is 0.537 bits per heavy atom. The largest absolute Gasteiger partial charge is 0.335 e. The average Bonchev–Trinajstić information content (AvgIpc) is 3.55. The van der Waals surface area contributed by atoms with Crippen molar-refractivity contribution in [3.63, 3.8) is 0 Å². The number of nitrogens with two attached hydrogens (primary N) is 2. The number of fused-ring (bicyclic) bond motifs is 2. The summed E-state index contributed by atoms with van der Waals surface area (Å²) < 4.78 is 2.42. The van der Waals surface area contributed by atoms with Gasteiger partial charge in [0.05, 0.1) is 16.1 Å². The lowest BCUT2D eigenvalue weighted by molar-refractivity contribution is -0.671. The SMILES string of the molecule is NCCCNCCCCNCCCNCCCN1/C(=C/c2cc[n+](CCCNCCCNCCCCNCCCN)c3ccccc23)Sc2ccccc21. The summed E-state index contributed by atoms with van der Waals surface area (Å²) in [5.74, 6) is 0. The number of hydrogen-bond acceptors (Lipinski definition) is 10. The third-order valence-electron chi connectivity index (χ3n) is 9.81. The van der Waals surface area contributed by atoms with Crippen molar-refractivity contribution in [2.75, 3.05) is 103 Å². The van der Waals surface area contributed by atoms with Crippen LogP contribution in [0.2, 0.25) is 0 Å². The van der Waals surface area contributed by atoms with Crippen molar-refractivity contribution < 1.29 is 4.57 Å². The standard InChI is InChI=1S/C43H73N10S/c44-20-9-26-46-22-5-7-24-48-28-11-30-50-32-13-34-52-36-19-38(39-15-1-2-16-40(39)52)37-43-53(41-17-3-4-18-42(41)54-43)35-14-33-51-31-12-29-49-25-8-6-23-47-27-10-21-45/h1-4,15-19,36-37,46-51H,5-14,20-35,44-45H2/q+1.